The topological polar surface area (TPSA) is 110 Å². The van der Waals surface area contributed by atoms with Gasteiger partial charge in [-0.05, 0) is 13.3 Å². The summed E-state index contributed by atoms with van der Waals surface area (Å²) in [6.45, 7) is 4.08. The van der Waals surface area contributed by atoms with Gasteiger partial charge in [0.25, 0.3) is 0 Å². The number of carbonyl (C=O) groups is 3. The minimum Gasteiger partial charge on any atom is -0.477 e. The Morgan fingerprint density at radius 2 is 2.04 bits per heavy atom. The number of rotatable bonds is 5. The molecule has 0 saturated carbocycles. The van der Waals surface area contributed by atoms with Crippen molar-refractivity contribution in [3.05, 3.63) is 10.6 Å². The van der Waals surface area contributed by atoms with Crippen molar-refractivity contribution in [1.29, 1.82) is 0 Å². The minimum absolute atomic E-state index is 0.00757. The molecule has 3 heterocycles. The molecule has 3 N–H and O–H groups in total. The van der Waals surface area contributed by atoms with E-state index in [-0.39, 0.29) is 40.8 Å². The number of nitrogens with one attached hydrogen (secondary N) is 1. The summed E-state index contributed by atoms with van der Waals surface area (Å²) in [5.74, 6) is -2.14. The van der Waals surface area contributed by atoms with Crippen LogP contribution in [0.4, 0.5) is 0 Å². The van der Waals surface area contributed by atoms with Gasteiger partial charge in [0, 0.05) is 36.7 Å². The molecule has 3 aliphatic heterocycles. The van der Waals surface area contributed by atoms with Crippen LogP contribution in [0.3, 0.4) is 0 Å². The summed E-state index contributed by atoms with van der Waals surface area (Å²) < 4.78 is 0. The third kappa shape index (κ3) is 2.91. The number of nitrogens with zero attached hydrogens (tertiary/aromatic N) is 2. The van der Waals surface area contributed by atoms with Gasteiger partial charge in [0.2, 0.25) is 11.8 Å². The van der Waals surface area contributed by atoms with Gasteiger partial charge in [-0.15, -0.1) is 11.8 Å². The highest BCUT2D eigenvalue weighted by atomic mass is 32.2. The molecule has 0 aromatic heterocycles. The molecular weight excluding hydrogens is 358 g/mol. The predicted molar refractivity (Wildman–Crippen MR) is 96.1 cm³/mol. The molecule has 26 heavy (non-hydrogen) atoms. The number of β-lactam (4-membered cyclic amide) rings is 1. The van der Waals surface area contributed by atoms with Gasteiger partial charge < -0.3 is 25.3 Å². The number of amides is 2. The lowest BCUT2D eigenvalue weighted by molar-refractivity contribution is -0.163. The number of thioether (sulfide) groups is 1. The van der Waals surface area contributed by atoms with Crippen molar-refractivity contribution in [1.82, 2.24) is 15.1 Å². The predicted octanol–water partition coefficient (Wildman–Crippen LogP) is -0.308. The molecule has 0 bridgehead atoms. The van der Waals surface area contributed by atoms with E-state index >= 15 is 0 Å². The Kier molecular flexibility index (Phi) is 5.06. The summed E-state index contributed by atoms with van der Waals surface area (Å²) in [4.78, 5) is 39.8. The largest absolute Gasteiger partial charge is 0.477 e. The third-order valence-electron chi connectivity index (χ3n) is 5.43. The van der Waals surface area contributed by atoms with E-state index in [4.69, 9.17) is 0 Å². The second-order valence-electron chi connectivity index (χ2n) is 7.44. The number of likely N-dealkylation sites (N-methyl/N-ethyl adjacent to an activating group) is 1. The quantitative estimate of drug-likeness (QED) is 0.559. The molecule has 0 spiro atoms. The van der Waals surface area contributed by atoms with Crippen LogP contribution in [0.5, 0.6) is 0 Å². The first-order valence-electron chi connectivity index (χ1n) is 8.75. The van der Waals surface area contributed by atoms with E-state index in [1.807, 2.05) is 6.92 Å². The number of carbonyl (C=O) groups excluding carboxylic acids is 2. The first-order valence-corrected chi connectivity index (χ1v) is 9.62. The van der Waals surface area contributed by atoms with Crippen LogP contribution in [0, 0.1) is 11.8 Å². The molecule has 2 amide bonds. The molecule has 9 heteroatoms. The molecule has 3 rings (SSSR count). The number of fused-ring (bicyclic) bond motifs is 1. The van der Waals surface area contributed by atoms with Crippen molar-refractivity contribution in [2.24, 2.45) is 11.8 Å². The normalized spacial score (nSPS) is 34.6. The molecule has 0 aliphatic carbocycles. The average Bonchev–Trinajstić information content (AvgIpc) is 3.09. The van der Waals surface area contributed by atoms with Crippen molar-refractivity contribution in [3.8, 4) is 0 Å². The fourth-order valence-electron chi connectivity index (χ4n) is 4.15. The van der Waals surface area contributed by atoms with E-state index in [0.717, 1.165) is 0 Å². The maximum absolute atomic E-state index is 12.3. The zero-order chi connectivity index (χ0) is 19.3. The number of aliphatic hydroxyl groups excluding tert-OH is 1. The van der Waals surface area contributed by atoms with Gasteiger partial charge in [0.05, 0.1) is 24.1 Å². The highest BCUT2D eigenvalue weighted by molar-refractivity contribution is 8.03. The molecule has 6 atom stereocenters. The Labute approximate surface area is 156 Å². The number of carboxylic acid groups (broad SMARTS) is 1. The lowest BCUT2D eigenvalue weighted by Crippen LogP contribution is -2.63. The fraction of sp³-hybridized carbons (Fsp3) is 0.706. The Bertz CT molecular complexity index is 677. The number of hydrogen-bond acceptors (Lipinski definition) is 6. The van der Waals surface area contributed by atoms with Crippen LogP contribution in [-0.4, -0.2) is 81.9 Å². The van der Waals surface area contributed by atoms with E-state index in [1.54, 1.807) is 25.9 Å². The summed E-state index contributed by atoms with van der Waals surface area (Å²) >= 11 is 1.45. The summed E-state index contributed by atoms with van der Waals surface area (Å²) in [5.41, 5.74) is 0.0387. The number of aliphatic carboxylic acids is 1. The zero-order valence-corrected chi connectivity index (χ0v) is 16.1. The van der Waals surface area contributed by atoms with Crippen molar-refractivity contribution < 1.29 is 24.6 Å². The van der Waals surface area contributed by atoms with Crippen LogP contribution in [0.25, 0.3) is 0 Å². The summed E-state index contributed by atoms with van der Waals surface area (Å²) in [6.07, 6.45) is -0.190. The standard InChI is InChI=1S/C17H25N3O5S/c1-7-12-11(8(2)21)16(23)20(12)13(17(24)25)14(7)26-9-5-10(18-6-9)15(22)19(3)4/h7-12,18,21H,5-6H2,1-4H3,(H,24,25)/t7-,8?,9+,10+,11-,12-/m1/s1. The average molecular weight is 383 g/mol. The summed E-state index contributed by atoms with van der Waals surface area (Å²) in [7, 11) is 3.42. The number of hydrogen-bond donors (Lipinski definition) is 3. The van der Waals surface area contributed by atoms with Gasteiger partial charge >= 0.3 is 5.97 Å². The van der Waals surface area contributed by atoms with Crippen LogP contribution in [-0.2, 0) is 14.4 Å². The molecule has 3 aliphatic rings. The molecule has 0 radical (unpaired) electrons. The number of aliphatic hydroxyl groups is 1. The molecule has 8 nitrogen and oxygen atoms in total. The van der Waals surface area contributed by atoms with Crippen molar-refractivity contribution in [2.45, 2.75) is 43.7 Å². The Morgan fingerprint density at radius 1 is 1.38 bits per heavy atom. The van der Waals surface area contributed by atoms with E-state index in [9.17, 15) is 24.6 Å². The molecule has 0 aromatic rings. The van der Waals surface area contributed by atoms with Crippen LogP contribution in [0.1, 0.15) is 20.3 Å². The molecule has 2 saturated heterocycles. The van der Waals surface area contributed by atoms with Gasteiger partial charge in [-0.3, -0.25) is 9.59 Å². The van der Waals surface area contributed by atoms with E-state index in [0.29, 0.717) is 17.9 Å². The van der Waals surface area contributed by atoms with Gasteiger partial charge in [0.1, 0.15) is 5.70 Å². The monoisotopic (exact) mass is 383 g/mol. The lowest BCUT2D eigenvalue weighted by atomic mass is 9.79. The molecule has 2 fully saturated rings. The van der Waals surface area contributed by atoms with Crippen LogP contribution >= 0.6 is 11.8 Å². The molecule has 0 aromatic carbocycles. The van der Waals surface area contributed by atoms with Crippen LogP contribution in [0.2, 0.25) is 0 Å². The first kappa shape index (κ1) is 19.2. The first-order chi connectivity index (χ1) is 12.1. The smallest absolute Gasteiger partial charge is 0.353 e. The summed E-state index contributed by atoms with van der Waals surface area (Å²) in [5, 5.41) is 22.8. The van der Waals surface area contributed by atoms with E-state index < -0.39 is 18.0 Å². The fourth-order valence-corrected chi connectivity index (χ4v) is 5.63. The van der Waals surface area contributed by atoms with Crippen molar-refractivity contribution in [3.63, 3.8) is 0 Å². The third-order valence-corrected chi connectivity index (χ3v) is 6.95. The van der Waals surface area contributed by atoms with Gasteiger partial charge in [0.15, 0.2) is 0 Å². The SMILES string of the molecule is CC(O)[C@H]1C(=O)N2C(C(=O)O)=C(S[C@@H]3CN[C@H](C(=O)N(C)C)C3)[C@H](C)[C@H]12. The van der Waals surface area contributed by atoms with Crippen LogP contribution in [0.15, 0.2) is 10.6 Å². The van der Waals surface area contributed by atoms with Gasteiger partial charge in [-0.2, -0.15) is 0 Å². The Morgan fingerprint density at radius 3 is 2.58 bits per heavy atom. The second kappa shape index (κ2) is 6.86. The highest BCUT2D eigenvalue weighted by Crippen LogP contribution is 2.51. The Balaban J connectivity index is 1.78. The van der Waals surface area contributed by atoms with Crippen LogP contribution < -0.4 is 5.32 Å². The Hall–Kier alpha value is -1.58. The van der Waals surface area contributed by atoms with Crippen molar-refractivity contribution >= 4 is 29.5 Å². The van der Waals surface area contributed by atoms with E-state index in [2.05, 4.69) is 5.32 Å². The molecule has 144 valence electrons. The van der Waals surface area contributed by atoms with Gasteiger partial charge in [-0.1, -0.05) is 6.92 Å². The lowest BCUT2D eigenvalue weighted by Gasteiger charge is -2.46. The summed E-state index contributed by atoms with van der Waals surface area (Å²) in [6, 6.07) is -0.568. The zero-order valence-electron chi connectivity index (χ0n) is 15.3. The number of carboxylic acids is 1. The van der Waals surface area contributed by atoms with Crippen molar-refractivity contribution in [2.75, 3.05) is 20.6 Å². The molecular formula is C17H25N3O5S. The maximum atomic E-state index is 12.3. The highest BCUT2D eigenvalue weighted by Gasteiger charge is 2.60. The van der Waals surface area contributed by atoms with Gasteiger partial charge in [-0.25, -0.2) is 4.79 Å². The molecule has 1 unspecified atom stereocenters. The second-order valence-corrected chi connectivity index (χ2v) is 8.78. The maximum Gasteiger partial charge on any atom is 0.353 e. The minimum atomic E-state index is -1.12. The van der Waals surface area contributed by atoms with E-state index in [1.165, 1.54) is 16.7 Å².